The summed E-state index contributed by atoms with van der Waals surface area (Å²) in [4.78, 5) is 26.8. The zero-order valence-electron chi connectivity index (χ0n) is 18.2. The molecule has 0 fully saturated rings. The van der Waals surface area contributed by atoms with Gasteiger partial charge in [0.1, 0.15) is 17.1 Å². The fourth-order valence-electron chi connectivity index (χ4n) is 4.26. The Labute approximate surface area is 191 Å². The van der Waals surface area contributed by atoms with Crippen LogP contribution >= 0.6 is 0 Å². The van der Waals surface area contributed by atoms with Crippen LogP contribution in [0.3, 0.4) is 0 Å². The Bertz CT molecular complexity index is 1370. The van der Waals surface area contributed by atoms with Crippen LogP contribution < -0.4 is 20.0 Å². The van der Waals surface area contributed by atoms with Gasteiger partial charge in [-0.15, -0.1) is 0 Å². The Morgan fingerprint density at radius 1 is 1.00 bits per heavy atom. The zero-order chi connectivity index (χ0) is 22.8. The number of fused-ring (bicyclic) bond motifs is 2. The highest BCUT2D eigenvalue weighted by molar-refractivity contribution is 5.96. The molecule has 2 heterocycles. The molecule has 1 amide bonds. The van der Waals surface area contributed by atoms with E-state index in [1.807, 2.05) is 48.5 Å². The zero-order valence-corrected chi connectivity index (χ0v) is 18.2. The van der Waals surface area contributed by atoms with E-state index >= 15 is 0 Å². The summed E-state index contributed by atoms with van der Waals surface area (Å²) in [5.74, 6) is 1.11. The molecule has 0 bridgehead atoms. The minimum absolute atomic E-state index is 0.0950. The van der Waals surface area contributed by atoms with E-state index in [1.54, 1.807) is 24.1 Å². The minimum Gasteiger partial charge on any atom is -0.497 e. The summed E-state index contributed by atoms with van der Waals surface area (Å²) < 4.78 is 16.4. The normalized spacial score (nSPS) is 12.9. The Kier molecular flexibility index (Phi) is 5.57. The number of ether oxygens (including phenoxy) is 2. The maximum atomic E-state index is 12.9. The molecule has 6 heteroatoms. The van der Waals surface area contributed by atoms with Gasteiger partial charge < -0.3 is 18.8 Å². The molecule has 0 N–H and O–H groups in total. The van der Waals surface area contributed by atoms with Crippen LogP contribution in [-0.2, 0) is 11.2 Å². The van der Waals surface area contributed by atoms with Crippen molar-refractivity contribution in [2.24, 2.45) is 0 Å². The van der Waals surface area contributed by atoms with Gasteiger partial charge in [-0.1, -0.05) is 30.3 Å². The predicted octanol–water partition coefficient (Wildman–Crippen LogP) is 4.83. The third kappa shape index (κ3) is 4.20. The molecule has 0 atom stereocenters. The van der Waals surface area contributed by atoms with Crippen LogP contribution in [0.15, 0.2) is 82.0 Å². The third-order valence-corrected chi connectivity index (χ3v) is 5.89. The van der Waals surface area contributed by atoms with Gasteiger partial charge >= 0.3 is 5.63 Å². The van der Waals surface area contributed by atoms with Crippen LogP contribution in [0.1, 0.15) is 12.0 Å². The van der Waals surface area contributed by atoms with Crippen molar-refractivity contribution < 1.29 is 18.7 Å². The first-order valence-electron chi connectivity index (χ1n) is 10.9. The molecule has 0 unspecified atom stereocenters. The minimum atomic E-state index is -0.452. The van der Waals surface area contributed by atoms with Crippen LogP contribution in [-0.4, -0.2) is 26.2 Å². The number of nitrogens with zero attached hydrogens (tertiary/aromatic N) is 1. The molecule has 5 rings (SSSR count). The summed E-state index contributed by atoms with van der Waals surface area (Å²) in [6, 6.07) is 22.2. The van der Waals surface area contributed by atoms with Gasteiger partial charge in [-0.25, -0.2) is 4.79 Å². The molecule has 0 saturated carbocycles. The second-order valence-corrected chi connectivity index (χ2v) is 7.93. The Balaban J connectivity index is 1.38. The number of hydrogen-bond acceptors (Lipinski definition) is 5. The number of para-hydroxylation sites is 1. The first-order valence-corrected chi connectivity index (χ1v) is 10.9. The van der Waals surface area contributed by atoms with Crippen LogP contribution in [0.4, 0.5) is 5.69 Å². The molecule has 0 radical (unpaired) electrons. The van der Waals surface area contributed by atoms with Gasteiger partial charge in [0.15, 0.2) is 6.61 Å². The lowest BCUT2D eigenvalue weighted by Crippen LogP contribution is -2.38. The van der Waals surface area contributed by atoms with Crippen molar-refractivity contribution in [2.45, 2.75) is 12.8 Å². The molecule has 1 aliphatic heterocycles. The van der Waals surface area contributed by atoms with Gasteiger partial charge in [0.25, 0.3) is 5.91 Å². The summed E-state index contributed by atoms with van der Waals surface area (Å²) in [5.41, 5.74) is 3.72. The molecule has 166 valence electrons. The van der Waals surface area contributed by atoms with Crippen molar-refractivity contribution in [1.29, 1.82) is 0 Å². The molecule has 0 spiro atoms. The monoisotopic (exact) mass is 441 g/mol. The van der Waals surface area contributed by atoms with E-state index in [4.69, 9.17) is 13.9 Å². The lowest BCUT2D eigenvalue weighted by atomic mass is 10.0. The van der Waals surface area contributed by atoms with Crippen LogP contribution in [0.2, 0.25) is 0 Å². The third-order valence-electron chi connectivity index (χ3n) is 5.89. The van der Waals surface area contributed by atoms with Gasteiger partial charge in [-0.2, -0.15) is 0 Å². The van der Waals surface area contributed by atoms with E-state index in [2.05, 4.69) is 6.07 Å². The van der Waals surface area contributed by atoms with E-state index in [9.17, 15) is 9.59 Å². The van der Waals surface area contributed by atoms with Gasteiger partial charge in [-0.05, 0) is 59.9 Å². The highest BCUT2D eigenvalue weighted by Gasteiger charge is 2.22. The number of aryl methyl sites for hydroxylation is 1. The molecule has 33 heavy (non-hydrogen) atoms. The SMILES string of the molecule is COc1ccc(-c2cc(=O)oc3cc(OCC(=O)N4CCCc5ccccc54)ccc23)cc1. The number of benzene rings is 3. The maximum absolute atomic E-state index is 12.9. The topological polar surface area (TPSA) is 69.0 Å². The fourth-order valence-corrected chi connectivity index (χ4v) is 4.26. The van der Waals surface area contributed by atoms with Crippen molar-refractivity contribution in [2.75, 3.05) is 25.2 Å². The molecule has 6 nitrogen and oxygen atoms in total. The summed E-state index contributed by atoms with van der Waals surface area (Å²) in [7, 11) is 1.61. The molecule has 4 aromatic rings. The predicted molar refractivity (Wildman–Crippen MR) is 127 cm³/mol. The van der Waals surface area contributed by atoms with Gasteiger partial charge in [-0.3, -0.25) is 4.79 Å². The van der Waals surface area contributed by atoms with Crippen molar-refractivity contribution in [3.63, 3.8) is 0 Å². The highest BCUT2D eigenvalue weighted by atomic mass is 16.5. The molecule has 0 saturated heterocycles. The Morgan fingerprint density at radius 3 is 2.61 bits per heavy atom. The number of carbonyl (C=O) groups is 1. The number of amides is 1. The second kappa shape index (κ2) is 8.82. The summed E-state index contributed by atoms with van der Waals surface area (Å²) in [6.07, 6.45) is 1.90. The molecule has 1 aromatic heterocycles. The van der Waals surface area contributed by atoms with E-state index in [0.717, 1.165) is 40.8 Å². The number of anilines is 1. The van der Waals surface area contributed by atoms with Crippen LogP contribution in [0, 0.1) is 0 Å². The first kappa shape index (κ1) is 20.8. The second-order valence-electron chi connectivity index (χ2n) is 7.93. The largest absolute Gasteiger partial charge is 0.497 e. The van der Waals surface area contributed by atoms with Gasteiger partial charge in [0, 0.05) is 29.8 Å². The Hall–Kier alpha value is -4.06. The van der Waals surface area contributed by atoms with Crippen molar-refractivity contribution in [1.82, 2.24) is 0 Å². The summed E-state index contributed by atoms with van der Waals surface area (Å²) in [5, 5.41) is 0.781. The van der Waals surface area contributed by atoms with Crippen molar-refractivity contribution in [3.05, 3.63) is 88.8 Å². The fraction of sp³-hybridized carbons (Fsp3) is 0.185. The molecular formula is C27H23NO5. The lowest BCUT2D eigenvalue weighted by Gasteiger charge is -2.29. The van der Waals surface area contributed by atoms with E-state index < -0.39 is 5.63 Å². The van der Waals surface area contributed by atoms with Crippen LogP contribution in [0.5, 0.6) is 11.5 Å². The maximum Gasteiger partial charge on any atom is 0.336 e. The number of methoxy groups -OCH3 is 1. The average molecular weight is 441 g/mol. The molecule has 3 aromatic carbocycles. The van der Waals surface area contributed by atoms with Crippen LogP contribution in [0.25, 0.3) is 22.1 Å². The summed E-state index contributed by atoms with van der Waals surface area (Å²) >= 11 is 0. The van der Waals surface area contributed by atoms with Crippen molar-refractivity contribution >= 4 is 22.6 Å². The molecule has 0 aliphatic carbocycles. The van der Waals surface area contributed by atoms with E-state index in [-0.39, 0.29) is 12.5 Å². The van der Waals surface area contributed by atoms with E-state index in [0.29, 0.717) is 17.9 Å². The summed E-state index contributed by atoms with van der Waals surface area (Å²) in [6.45, 7) is 0.583. The van der Waals surface area contributed by atoms with Crippen molar-refractivity contribution in [3.8, 4) is 22.6 Å². The standard InChI is InChI=1S/C27H23NO5/c1-31-20-10-8-18(9-11-20)23-16-27(30)33-25-15-21(12-13-22(23)25)32-17-26(29)28-14-4-6-19-5-2-3-7-24(19)28/h2-3,5,7-13,15-16H,4,6,14,17H2,1H3. The number of rotatable bonds is 5. The lowest BCUT2D eigenvalue weighted by molar-refractivity contribution is -0.120. The number of hydrogen-bond donors (Lipinski definition) is 0. The number of carbonyl (C=O) groups excluding carboxylic acids is 1. The molecular weight excluding hydrogens is 418 g/mol. The Morgan fingerprint density at radius 2 is 1.79 bits per heavy atom. The smallest absolute Gasteiger partial charge is 0.336 e. The van der Waals surface area contributed by atoms with Gasteiger partial charge in [0.2, 0.25) is 0 Å². The van der Waals surface area contributed by atoms with E-state index in [1.165, 1.54) is 11.6 Å². The molecule has 1 aliphatic rings. The quantitative estimate of drug-likeness (QED) is 0.415. The first-order chi connectivity index (χ1) is 16.1. The highest BCUT2D eigenvalue weighted by Crippen LogP contribution is 2.31. The average Bonchev–Trinajstić information content (AvgIpc) is 2.86. The van der Waals surface area contributed by atoms with Gasteiger partial charge in [0.05, 0.1) is 7.11 Å².